The highest BCUT2D eigenvalue weighted by molar-refractivity contribution is 5.38. The average molecular weight is 255 g/mol. The van der Waals surface area contributed by atoms with E-state index >= 15 is 0 Å². The van der Waals surface area contributed by atoms with Crippen LogP contribution in [0.1, 0.15) is 17.2 Å². The molecule has 0 bridgehead atoms. The number of ether oxygens (including phenoxy) is 1. The maximum absolute atomic E-state index is 12.3. The van der Waals surface area contributed by atoms with E-state index in [1.54, 1.807) is 0 Å². The molecular weight excluding hydrogens is 245 g/mol. The Kier molecular flexibility index (Phi) is 3.92. The second kappa shape index (κ2) is 4.87. The Morgan fingerprint density at radius 2 is 1.82 bits per heavy atom. The van der Waals surface area contributed by atoms with E-state index in [0.29, 0.717) is 5.56 Å². The summed E-state index contributed by atoms with van der Waals surface area (Å²) in [6.07, 6.45) is -4.63. The molecule has 0 aliphatic rings. The molecule has 0 saturated heterocycles. The highest BCUT2D eigenvalue weighted by Crippen LogP contribution is 2.33. The van der Waals surface area contributed by atoms with Gasteiger partial charge in [-0.2, -0.15) is 22.0 Å². The molecule has 1 aromatic carbocycles. The first-order valence-electron chi connectivity index (χ1n) is 4.59. The number of nitrogens with two attached hydrogens (primary N) is 1. The zero-order valence-corrected chi connectivity index (χ0v) is 8.76. The molecule has 1 unspecified atom stereocenters. The first-order valence-corrected chi connectivity index (χ1v) is 4.59. The van der Waals surface area contributed by atoms with Crippen LogP contribution in [0.3, 0.4) is 0 Å². The second-order valence-corrected chi connectivity index (χ2v) is 3.42. The third-order valence-electron chi connectivity index (χ3n) is 2.14. The van der Waals surface area contributed by atoms with Crippen LogP contribution in [0.2, 0.25) is 0 Å². The average Bonchev–Trinajstić information content (AvgIpc) is 2.18. The minimum atomic E-state index is -4.63. The summed E-state index contributed by atoms with van der Waals surface area (Å²) in [7, 11) is 0. The summed E-state index contributed by atoms with van der Waals surface area (Å²) in [4.78, 5) is 0. The van der Waals surface area contributed by atoms with Gasteiger partial charge in [-0.1, -0.05) is 12.1 Å². The van der Waals surface area contributed by atoms with Crippen LogP contribution in [0.25, 0.3) is 0 Å². The molecule has 0 aliphatic carbocycles. The molecule has 0 fully saturated rings. The summed E-state index contributed by atoms with van der Waals surface area (Å²) < 4.78 is 65.0. The van der Waals surface area contributed by atoms with Crippen LogP contribution < -0.4 is 10.5 Å². The fraction of sp³-hybridized carbons (Fsp3) is 0.400. The zero-order chi connectivity index (χ0) is 13.2. The van der Waals surface area contributed by atoms with Crippen molar-refractivity contribution in [2.75, 3.05) is 0 Å². The van der Waals surface area contributed by atoms with Crippen molar-refractivity contribution in [3.8, 4) is 5.75 Å². The predicted octanol–water partition coefficient (Wildman–Crippen LogP) is 3.16. The number of alkyl halides is 5. The first-order chi connectivity index (χ1) is 7.71. The number of hydrogen-bond acceptors (Lipinski definition) is 2. The van der Waals surface area contributed by atoms with Crippen molar-refractivity contribution in [1.82, 2.24) is 0 Å². The molecule has 2 N–H and O–H groups in total. The van der Waals surface area contributed by atoms with Crippen LogP contribution in [-0.4, -0.2) is 12.8 Å². The van der Waals surface area contributed by atoms with Gasteiger partial charge < -0.3 is 10.5 Å². The number of rotatable bonds is 3. The van der Waals surface area contributed by atoms with Gasteiger partial charge >= 0.3 is 12.8 Å². The lowest BCUT2D eigenvalue weighted by atomic mass is 10.0. The molecular formula is C10H10F5NO. The molecule has 1 aromatic rings. The van der Waals surface area contributed by atoms with Gasteiger partial charge in [0, 0.05) is 0 Å². The van der Waals surface area contributed by atoms with Gasteiger partial charge in [-0.3, -0.25) is 0 Å². The standard InChI is InChI=1S/C10H10F5NO/c1-5-2-3-6(8(16)10(13,14)15)4-7(5)17-9(11)12/h2-4,8-9H,16H2,1H3. The molecule has 17 heavy (non-hydrogen) atoms. The fourth-order valence-electron chi connectivity index (χ4n) is 1.22. The lowest BCUT2D eigenvalue weighted by molar-refractivity contribution is -0.149. The van der Waals surface area contributed by atoms with Crippen LogP contribution in [0, 0.1) is 6.92 Å². The van der Waals surface area contributed by atoms with Crippen molar-refractivity contribution in [2.24, 2.45) is 5.73 Å². The smallest absolute Gasteiger partial charge is 0.407 e. The largest absolute Gasteiger partial charge is 0.435 e. The van der Waals surface area contributed by atoms with Gasteiger partial charge in [0.2, 0.25) is 0 Å². The van der Waals surface area contributed by atoms with Gasteiger partial charge in [0.25, 0.3) is 0 Å². The van der Waals surface area contributed by atoms with E-state index in [-0.39, 0.29) is 11.3 Å². The summed E-state index contributed by atoms with van der Waals surface area (Å²) in [5.74, 6) is -0.308. The molecule has 0 aromatic heterocycles. The Balaban J connectivity index is 3.04. The summed E-state index contributed by atoms with van der Waals surface area (Å²) >= 11 is 0. The minimum Gasteiger partial charge on any atom is -0.435 e. The third kappa shape index (κ3) is 3.55. The molecule has 0 aliphatic heterocycles. The Morgan fingerprint density at radius 1 is 1.24 bits per heavy atom. The summed E-state index contributed by atoms with van der Waals surface area (Å²) in [5.41, 5.74) is 4.94. The highest BCUT2D eigenvalue weighted by Gasteiger charge is 2.38. The molecule has 2 nitrogen and oxygen atoms in total. The van der Waals surface area contributed by atoms with Gasteiger partial charge in [-0.15, -0.1) is 0 Å². The number of halogens is 5. The topological polar surface area (TPSA) is 35.2 Å². The van der Waals surface area contributed by atoms with E-state index in [2.05, 4.69) is 4.74 Å². The fourth-order valence-corrected chi connectivity index (χ4v) is 1.22. The van der Waals surface area contributed by atoms with Crippen LogP contribution >= 0.6 is 0 Å². The number of aryl methyl sites for hydroxylation is 1. The second-order valence-electron chi connectivity index (χ2n) is 3.42. The van der Waals surface area contributed by atoms with Crippen LogP contribution in [0.15, 0.2) is 18.2 Å². The maximum Gasteiger partial charge on any atom is 0.407 e. The minimum absolute atomic E-state index is 0.308. The summed E-state index contributed by atoms with van der Waals surface area (Å²) in [5, 5.41) is 0. The van der Waals surface area contributed by atoms with Crippen molar-refractivity contribution in [3.63, 3.8) is 0 Å². The van der Waals surface area contributed by atoms with Gasteiger partial charge in [0.05, 0.1) is 0 Å². The molecule has 0 radical (unpaired) electrons. The van der Waals surface area contributed by atoms with E-state index in [1.165, 1.54) is 13.0 Å². The van der Waals surface area contributed by atoms with Crippen LogP contribution in [0.5, 0.6) is 5.75 Å². The van der Waals surface area contributed by atoms with Gasteiger partial charge in [-0.05, 0) is 24.1 Å². The monoisotopic (exact) mass is 255 g/mol. The first kappa shape index (κ1) is 13.7. The van der Waals surface area contributed by atoms with Crippen molar-refractivity contribution >= 4 is 0 Å². The van der Waals surface area contributed by atoms with Crippen molar-refractivity contribution < 1.29 is 26.7 Å². The van der Waals surface area contributed by atoms with Gasteiger partial charge in [0.1, 0.15) is 11.8 Å². The lowest BCUT2D eigenvalue weighted by Gasteiger charge is -2.17. The third-order valence-corrected chi connectivity index (χ3v) is 2.14. The number of hydrogen-bond donors (Lipinski definition) is 1. The Morgan fingerprint density at radius 3 is 2.29 bits per heavy atom. The molecule has 96 valence electrons. The Bertz CT molecular complexity index is 391. The van der Waals surface area contributed by atoms with Crippen LogP contribution in [-0.2, 0) is 0 Å². The van der Waals surface area contributed by atoms with Crippen molar-refractivity contribution in [2.45, 2.75) is 25.8 Å². The molecule has 0 heterocycles. The predicted molar refractivity (Wildman–Crippen MR) is 50.8 cm³/mol. The normalized spacial score (nSPS) is 13.9. The van der Waals surface area contributed by atoms with E-state index in [1.807, 2.05) is 0 Å². The quantitative estimate of drug-likeness (QED) is 0.842. The van der Waals surface area contributed by atoms with Crippen molar-refractivity contribution in [1.29, 1.82) is 0 Å². The maximum atomic E-state index is 12.3. The highest BCUT2D eigenvalue weighted by atomic mass is 19.4. The molecule has 7 heteroatoms. The molecule has 1 rings (SSSR count). The van der Waals surface area contributed by atoms with Gasteiger partial charge in [-0.25, -0.2) is 0 Å². The lowest BCUT2D eigenvalue weighted by Crippen LogP contribution is -2.28. The zero-order valence-electron chi connectivity index (χ0n) is 8.76. The van der Waals surface area contributed by atoms with E-state index in [9.17, 15) is 22.0 Å². The molecule has 0 saturated carbocycles. The summed E-state index contributed by atoms with van der Waals surface area (Å²) in [6, 6.07) is 1.03. The molecule has 1 atom stereocenters. The van der Waals surface area contributed by atoms with Crippen molar-refractivity contribution in [3.05, 3.63) is 29.3 Å². The Hall–Kier alpha value is -1.37. The SMILES string of the molecule is Cc1ccc(C(N)C(F)(F)F)cc1OC(F)F. The Labute approximate surface area is 94.2 Å². The molecule has 0 spiro atoms. The van der Waals surface area contributed by atoms with E-state index in [4.69, 9.17) is 5.73 Å². The van der Waals surface area contributed by atoms with E-state index in [0.717, 1.165) is 12.1 Å². The van der Waals surface area contributed by atoms with E-state index < -0.39 is 18.8 Å². The van der Waals surface area contributed by atoms with Gasteiger partial charge in [0.15, 0.2) is 0 Å². The molecule has 0 amide bonds. The summed E-state index contributed by atoms with van der Waals surface area (Å²) in [6.45, 7) is -1.65. The van der Waals surface area contributed by atoms with Crippen LogP contribution in [0.4, 0.5) is 22.0 Å². The number of benzene rings is 1.